The van der Waals surface area contributed by atoms with Gasteiger partial charge in [-0.05, 0) is 30.9 Å². The maximum atomic E-state index is 12.6. The van der Waals surface area contributed by atoms with Crippen molar-refractivity contribution >= 4 is 22.9 Å². The molecule has 0 saturated carbocycles. The van der Waals surface area contributed by atoms with Crippen LogP contribution in [0.1, 0.15) is 42.1 Å². The van der Waals surface area contributed by atoms with E-state index in [-0.39, 0.29) is 12.3 Å². The molecule has 0 unspecified atom stereocenters. The minimum atomic E-state index is -0.0260. The lowest BCUT2D eigenvalue weighted by atomic mass is 9.98. The molecule has 3 nitrogen and oxygen atoms in total. The molecule has 0 aliphatic rings. The fourth-order valence-electron chi connectivity index (χ4n) is 2.91. The van der Waals surface area contributed by atoms with Crippen molar-refractivity contribution in [3.8, 4) is 10.6 Å². The molecular formula is C22H24N2OS. The van der Waals surface area contributed by atoms with E-state index in [1.807, 2.05) is 24.4 Å². The summed E-state index contributed by atoms with van der Waals surface area (Å²) in [4.78, 5) is 17.2. The Labute approximate surface area is 159 Å². The van der Waals surface area contributed by atoms with Gasteiger partial charge in [0.25, 0.3) is 0 Å². The Kier molecular flexibility index (Phi) is 5.52. The lowest BCUT2D eigenvalue weighted by Gasteiger charge is -2.16. The highest BCUT2D eigenvalue weighted by molar-refractivity contribution is 7.13. The predicted octanol–water partition coefficient (Wildman–Crippen LogP) is 5.73. The van der Waals surface area contributed by atoms with Gasteiger partial charge in [0.05, 0.1) is 12.1 Å². The van der Waals surface area contributed by atoms with Gasteiger partial charge in [-0.25, -0.2) is 4.98 Å². The lowest BCUT2D eigenvalue weighted by molar-refractivity contribution is -0.115. The quantitative estimate of drug-likeness (QED) is 0.628. The first kappa shape index (κ1) is 18.3. The number of amides is 1. The van der Waals surface area contributed by atoms with Crippen molar-refractivity contribution in [3.63, 3.8) is 0 Å². The number of aromatic nitrogens is 1. The number of aryl methyl sites for hydroxylation is 2. The van der Waals surface area contributed by atoms with E-state index in [0.29, 0.717) is 5.92 Å². The van der Waals surface area contributed by atoms with Crippen LogP contribution in [-0.4, -0.2) is 10.9 Å². The Morgan fingerprint density at radius 2 is 1.85 bits per heavy atom. The van der Waals surface area contributed by atoms with Crippen LogP contribution >= 0.6 is 11.3 Å². The third-order valence-corrected chi connectivity index (χ3v) is 5.32. The van der Waals surface area contributed by atoms with Gasteiger partial charge in [0.1, 0.15) is 5.01 Å². The van der Waals surface area contributed by atoms with Crippen molar-refractivity contribution in [1.29, 1.82) is 0 Å². The second-order valence-electron chi connectivity index (χ2n) is 6.93. The molecule has 4 heteroatoms. The minimum Gasteiger partial charge on any atom is -0.325 e. The molecule has 0 radical (unpaired) electrons. The van der Waals surface area contributed by atoms with Crippen molar-refractivity contribution in [2.45, 2.75) is 40.0 Å². The third kappa shape index (κ3) is 4.20. The molecule has 26 heavy (non-hydrogen) atoms. The molecule has 134 valence electrons. The summed E-state index contributed by atoms with van der Waals surface area (Å²) in [7, 11) is 0. The summed E-state index contributed by atoms with van der Waals surface area (Å²) in [6.45, 7) is 8.37. The van der Waals surface area contributed by atoms with Crippen molar-refractivity contribution in [2.75, 3.05) is 5.32 Å². The molecule has 1 aromatic heterocycles. The monoisotopic (exact) mass is 364 g/mol. The van der Waals surface area contributed by atoms with E-state index in [9.17, 15) is 4.79 Å². The summed E-state index contributed by atoms with van der Waals surface area (Å²) in [6.07, 6.45) is 0.286. The number of benzene rings is 2. The Morgan fingerprint density at radius 1 is 1.12 bits per heavy atom. The molecular weight excluding hydrogens is 340 g/mol. The smallest absolute Gasteiger partial charge is 0.230 e. The molecule has 3 rings (SSSR count). The van der Waals surface area contributed by atoms with Crippen molar-refractivity contribution in [2.24, 2.45) is 0 Å². The molecule has 0 atom stereocenters. The highest BCUT2D eigenvalue weighted by atomic mass is 32.1. The highest BCUT2D eigenvalue weighted by Crippen LogP contribution is 2.28. The summed E-state index contributed by atoms with van der Waals surface area (Å²) in [5, 5.41) is 6.01. The first-order chi connectivity index (χ1) is 12.4. The van der Waals surface area contributed by atoms with Crippen molar-refractivity contribution in [3.05, 3.63) is 70.2 Å². The van der Waals surface area contributed by atoms with Gasteiger partial charge in [-0.2, -0.15) is 0 Å². The molecule has 3 aromatic rings. The summed E-state index contributed by atoms with van der Waals surface area (Å²) in [6, 6.07) is 14.4. The molecule has 1 amide bonds. The van der Waals surface area contributed by atoms with Crippen LogP contribution in [0.4, 0.5) is 5.69 Å². The normalized spacial score (nSPS) is 11.0. The van der Waals surface area contributed by atoms with Crippen LogP contribution in [0, 0.1) is 13.8 Å². The predicted molar refractivity (Wildman–Crippen MR) is 110 cm³/mol. The van der Waals surface area contributed by atoms with Gasteiger partial charge in [-0.15, -0.1) is 11.3 Å². The molecule has 0 spiro atoms. The molecule has 1 heterocycles. The minimum absolute atomic E-state index is 0.0260. The van der Waals surface area contributed by atoms with Crippen LogP contribution in [0.15, 0.2) is 47.8 Å². The van der Waals surface area contributed by atoms with Gasteiger partial charge < -0.3 is 5.32 Å². The maximum Gasteiger partial charge on any atom is 0.230 e. The third-order valence-electron chi connectivity index (χ3n) is 4.38. The zero-order valence-electron chi connectivity index (χ0n) is 15.7. The summed E-state index contributed by atoms with van der Waals surface area (Å²) >= 11 is 1.58. The summed E-state index contributed by atoms with van der Waals surface area (Å²) < 4.78 is 0. The lowest BCUT2D eigenvalue weighted by Crippen LogP contribution is -2.17. The Morgan fingerprint density at radius 3 is 2.54 bits per heavy atom. The molecule has 0 fully saturated rings. The molecule has 1 N–H and O–H groups in total. The second-order valence-corrected chi connectivity index (χ2v) is 7.79. The average molecular weight is 365 g/mol. The van der Waals surface area contributed by atoms with Crippen LogP contribution in [0.5, 0.6) is 0 Å². The molecule has 0 aliphatic heterocycles. The van der Waals surface area contributed by atoms with Crippen LogP contribution in [-0.2, 0) is 11.2 Å². The van der Waals surface area contributed by atoms with E-state index in [4.69, 9.17) is 0 Å². The molecule has 0 bridgehead atoms. The van der Waals surface area contributed by atoms with Crippen LogP contribution < -0.4 is 5.32 Å². The summed E-state index contributed by atoms with van der Waals surface area (Å²) in [5.41, 5.74) is 6.31. The molecule has 2 aromatic carbocycles. The number of carbonyl (C=O) groups is 1. The number of hydrogen-bond donors (Lipinski definition) is 1. The number of rotatable bonds is 5. The molecule has 0 saturated heterocycles. The number of para-hydroxylation sites is 1. The Balaban J connectivity index is 1.73. The largest absolute Gasteiger partial charge is 0.325 e. The number of nitrogens with one attached hydrogen (secondary N) is 1. The van der Waals surface area contributed by atoms with Gasteiger partial charge >= 0.3 is 0 Å². The van der Waals surface area contributed by atoms with E-state index < -0.39 is 0 Å². The first-order valence-corrected chi connectivity index (χ1v) is 9.73. The number of anilines is 1. The highest BCUT2D eigenvalue weighted by Gasteiger charge is 2.14. The van der Waals surface area contributed by atoms with Crippen LogP contribution in [0.3, 0.4) is 0 Å². The van der Waals surface area contributed by atoms with Crippen LogP contribution in [0.25, 0.3) is 10.6 Å². The standard InChI is InChI=1S/C22H24N2OS/c1-14(2)19-7-5-6-16(4)21(19)24-20(25)12-18-13-26-22(23-18)17-10-8-15(3)9-11-17/h5-11,13-14H,12H2,1-4H3,(H,24,25). The number of nitrogens with zero attached hydrogens (tertiary/aromatic N) is 1. The number of thiazole rings is 1. The number of hydrogen-bond acceptors (Lipinski definition) is 3. The maximum absolute atomic E-state index is 12.6. The fourth-order valence-corrected chi connectivity index (χ4v) is 3.73. The molecule has 0 aliphatic carbocycles. The topological polar surface area (TPSA) is 42.0 Å². The summed E-state index contributed by atoms with van der Waals surface area (Å²) in [5.74, 6) is 0.333. The van der Waals surface area contributed by atoms with Crippen molar-refractivity contribution in [1.82, 2.24) is 4.98 Å². The Hall–Kier alpha value is -2.46. The zero-order valence-corrected chi connectivity index (χ0v) is 16.5. The van der Waals surface area contributed by atoms with E-state index in [1.54, 1.807) is 11.3 Å². The van der Waals surface area contributed by atoms with Gasteiger partial charge in [0.2, 0.25) is 5.91 Å². The second kappa shape index (κ2) is 7.83. The van der Waals surface area contributed by atoms with E-state index >= 15 is 0 Å². The van der Waals surface area contributed by atoms with E-state index in [0.717, 1.165) is 33.1 Å². The van der Waals surface area contributed by atoms with Gasteiger partial charge in [-0.3, -0.25) is 4.79 Å². The average Bonchev–Trinajstić information content (AvgIpc) is 3.05. The van der Waals surface area contributed by atoms with Gasteiger partial charge in [0.15, 0.2) is 0 Å². The van der Waals surface area contributed by atoms with Crippen molar-refractivity contribution < 1.29 is 4.79 Å². The Bertz CT molecular complexity index is 910. The van der Waals surface area contributed by atoms with Gasteiger partial charge in [0, 0.05) is 16.6 Å². The van der Waals surface area contributed by atoms with Crippen LogP contribution in [0.2, 0.25) is 0 Å². The van der Waals surface area contributed by atoms with E-state index in [1.165, 1.54) is 5.56 Å². The van der Waals surface area contributed by atoms with E-state index in [2.05, 4.69) is 61.4 Å². The first-order valence-electron chi connectivity index (χ1n) is 8.85. The number of carbonyl (C=O) groups excluding carboxylic acids is 1. The SMILES string of the molecule is Cc1ccc(-c2nc(CC(=O)Nc3c(C)cccc3C(C)C)cs2)cc1. The zero-order chi connectivity index (χ0) is 18.7. The fraction of sp³-hybridized carbons (Fsp3) is 0.273. The van der Waals surface area contributed by atoms with Gasteiger partial charge in [-0.1, -0.05) is 61.9 Å².